The Balaban J connectivity index is 2.07. The number of hydrogen-bond acceptors (Lipinski definition) is 4. The quantitative estimate of drug-likeness (QED) is 0.764. The van der Waals surface area contributed by atoms with Crippen molar-refractivity contribution >= 4 is 21.6 Å². The lowest BCUT2D eigenvalue weighted by Gasteiger charge is -2.09. The minimum atomic E-state index is -3.76. The number of benzene rings is 1. The van der Waals surface area contributed by atoms with Gasteiger partial charge in [-0.1, -0.05) is 6.07 Å². The fourth-order valence-electron chi connectivity index (χ4n) is 1.77. The Morgan fingerprint density at radius 1 is 1.35 bits per heavy atom. The van der Waals surface area contributed by atoms with Crippen LogP contribution in [0.4, 0.5) is 11.4 Å². The Labute approximate surface area is 118 Å². The van der Waals surface area contributed by atoms with Gasteiger partial charge in [0.1, 0.15) is 0 Å². The minimum absolute atomic E-state index is 0.417. The van der Waals surface area contributed by atoms with Gasteiger partial charge >= 0.3 is 0 Å². The van der Waals surface area contributed by atoms with E-state index in [4.69, 9.17) is 5.14 Å². The van der Waals surface area contributed by atoms with Gasteiger partial charge < -0.3 is 5.32 Å². The summed E-state index contributed by atoms with van der Waals surface area (Å²) in [6, 6.07) is 6.90. The highest BCUT2D eigenvalue weighted by molar-refractivity contribution is 7.90. The lowest BCUT2D eigenvalue weighted by molar-refractivity contribution is 0.603. The van der Waals surface area contributed by atoms with Crippen molar-refractivity contribution in [2.75, 3.05) is 10.0 Å². The first-order valence-electron chi connectivity index (χ1n) is 5.97. The van der Waals surface area contributed by atoms with Crippen molar-refractivity contribution in [3.63, 3.8) is 0 Å². The predicted octanol–water partition coefficient (Wildman–Crippen LogP) is 0.956. The largest absolute Gasteiger partial charge is 0.381 e. The molecule has 1 aromatic carbocycles. The number of rotatable bonds is 5. The molecule has 0 aliphatic heterocycles. The van der Waals surface area contributed by atoms with Crippen LogP contribution in [0.2, 0.25) is 0 Å². The molecule has 0 radical (unpaired) electrons. The fraction of sp³-hybridized carbons (Fsp3) is 0.250. The van der Waals surface area contributed by atoms with E-state index in [0.29, 0.717) is 12.2 Å². The molecule has 1 heterocycles. The van der Waals surface area contributed by atoms with Crippen molar-refractivity contribution < 1.29 is 8.42 Å². The van der Waals surface area contributed by atoms with E-state index in [-0.39, 0.29) is 0 Å². The molecule has 0 bridgehead atoms. The van der Waals surface area contributed by atoms with Crippen molar-refractivity contribution in [2.45, 2.75) is 13.5 Å². The second kappa shape index (κ2) is 5.51. The standard InChI is InChI=1S/C12H17N5O2S/c1-9-10(8-15-17(9)2)7-14-11-4-3-5-12(6-11)16-20(13,18)19/h3-6,8,14,16H,7H2,1-2H3,(H2,13,18,19). The number of nitrogens with zero attached hydrogens (tertiary/aromatic N) is 2. The molecule has 0 amide bonds. The molecule has 2 aromatic rings. The Kier molecular flexibility index (Phi) is 3.96. The summed E-state index contributed by atoms with van der Waals surface area (Å²) in [5.74, 6) is 0. The van der Waals surface area contributed by atoms with Crippen LogP contribution < -0.4 is 15.2 Å². The summed E-state index contributed by atoms with van der Waals surface area (Å²) >= 11 is 0. The van der Waals surface area contributed by atoms with Gasteiger partial charge in [-0.2, -0.15) is 13.5 Å². The van der Waals surface area contributed by atoms with Gasteiger partial charge in [-0.3, -0.25) is 9.40 Å². The van der Waals surface area contributed by atoms with Crippen LogP contribution in [0.25, 0.3) is 0 Å². The maximum atomic E-state index is 11.0. The molecule has 108 valence electrons. The average Bonchev–Trinajstić information content (AvgIpc) is 2.66. The second-order valence-electron chi connectivity index (χ2n) is 4.46. The third kappa shape index (κ3) is 3.72. The Bertz CT molecular complexity index is 708. The summed E-state index contributed by atoms with van der Waals surface area (Å²) in [5, 5.41) is 12.3. The number of aromatic nitrogens is 2. The van der Waals surface area contributed by atoms with Crippen LogP contribution >= 0.6 is 0 Å². The zero-order chi connectivity index (χ0) is 14.8. The first kappa shape index (κ1) is 14.4. The van der Waals surface area contributed by atoms with Crippen LogP contribution in [-0.4, -0.2) is 18.2 Å². The van der Waals surface area contributed by atoms with Crippen molar-refractivity contribution in [1.29, 1.82) is 0 Å². The van der Waals surface area contributed by atoms with E-state index in [1.54, 1.807) is 29.1 Å². The number of nitrogens with one attached hydrogen (secondary N) is 2. The fourth-order valence-corrected chi connectivity index (χ4v) is 2.23. The third-order valence-corrected chi connectivity index (χ3v) is 3.46. The third-order valence-electron chi connectivity index (χ3n) is 2.94. The molecule has 0 spiro atoms. The summed E-state index contributed by atoms with van der Waals surface area (Å²) in [6.07, 6.45) is 1.80. The van der Waals surface area contributed by atoms with Gasteiger partial charge in [-0.15, -0.1) is 0 Å². The molecule has 1 aromatic heterocycles. The molecule has 0 aliphatic rings. The summed E-state index contributed by atoms with van der Waals surface area (Å²) < 4.78 is 26.0. The van der Waals surface area contributed by atoms with E-state index in [0.717, 1.165) is 16.9 Å². The average molecular weight is 295 g/mol. The smallest absolute Gasteiger partial charge is 0.296 e. The molecular weight excluding hydrogens is 278 g/mol. The van der Waals surface area contributed by atoms with E-state index in [9.17, 15) is 8.42 Å². The SMILES string of the molecule is Cc1c(CNc2cccc(NS(N)(=O)=O)c2)cnn1C. The number of hydrogen-bond donors (Lipinski definition) is 3. The molecule has 0 atom stereocenters. The van der Waals surface area contributed by atoms with Gasteiger partial charge in [0.25, 0.3) is 10.2 Å². The van der Waals surface area contributed by atoms with Gasteiger partial charge in [0, 0.05) is 30.5 Å². The highest BCUT2D eigenvalue weighted by Gasteiger charge is 2.05. The van der Waals surface area contributed by atoms with Crippen LogP contribution in [0.5, 0.6) is 0 Å². The Morgan fingerprint density at radius 2 is 2.05 bits per heavy atom. The zero-order valence-electron chi connectivity index (χ0n) is 11.3. The predicted molar refractivity (Wildman–Crippen MR) is 78.4 cm³/mol. The molecule has 7 nitrogen and oxygen atoms in total. The van der Waals surface area contributed by atoms with Crippen molar-refractivity contribution in [1.82, 2.24) is 9.78 Å². The normalized spacial score (nSPS) is 11.3. The van der Waals surface area contributed by atoms with Gasteiger partial charge in [0.15, 0.2) is 0 Å². The van der Waals surface area contributed by atoms with E-state index >= 15 is 0 Å². The zero-order valence-corrected chi connectivity index (χ0v) is 12.1. The van der Waals surface area contributed by atoms with Crippen molar-refractivity contribution in [3.05, 3.63) is 41.7 Å². The maximum Gasteiger partial charge on any atom is 0.296 e. The molecule has 8 heteroatoms. The molecule has 0 saturated carbocycles. The lowest BCUT2D eigenvalue weighted by Crippen LogP contribution is -2.21. The minimum Gasteiger partial charge on any atom is -0.381 e. The lowest BCUT2D eigenvalue weighted by atomic mass is 10.2. The Morgan fingerprint density at radius 3 is 2.65 bits per heavy atom. The van der Waals surface area contributed by atoms with Crippen molar-refractivity contribution in [3.8, 4) is 0 Å². The van der Waals surface area contributed by atoms with E-state index in [2.05, 4.69) is 15.1 Å². The van der Waals surface area contributed by atoms with Gasteiger partial charge in [0.05, 0.1) is 11.9 Å². The molecule has 2 rings (SSSR count). The summed E-state index contributed by atoms with van der Waals surface area (Å²) in [7, 11) is -1.87. The summed E-state index contributed by atoms with van der Waals surface area (Å²) in [6.45, 7) is 2.60. The molecule has 0 unspecified atom stereocenters. The van der Waals surface area contributed by atoms with Crippen LogP contribution in [0.3, 0.4) is 0 Å². The van der Waals surface area contributed by atoms with Crippen LogP contribution in [-0.2, 0) is 23.8 Å². The molecule has 0 aliphatic carbocycles. The van der Waals surface area contributed by atoms with E-state index in [1.807, 2.05) is 20.0 Å². The number of anilines is 2. The molecular formula is C12H17N5O2S. The topological polar surface area (TPSA) is 102 Å². The van der Waals surface area contributed by atoms with E-state index < -0.39 is 10.2 Å². The summed E-state index contributed by atoms with van der Waals surface area (Å²) in [5.41, 5.74) is 3.37. The van der Waals surface area contributed by atoms with Crippen molar-refractivity contribution in [2.24, 2.45) is 12.2 Å². The molecule has 0 fully saturated rings. The van der Waals surface area contributed by atoms with Gasteiger partial charge in [-0.05, 0) is 25.1 Å². The highest BCUT2D eigenvalue weighted by atomic mass is 32.2. The second-order valence-corrected chi connectivity index (χ2v) is 5.75. The first-order valence-corrected chi connectivity index (χ1v) is 7.52. The van der Waals surface area contributed by atoms with E-state index in [1.165, 1.54) is 0 Å². The monoisotopic (exact) mass is 295 g/mol. The van der Waals surface area contributed by atoms with Crippen LogP contribution in [0, 0.1) is 6.92 Å². The molecule has 0 saturated heterocycles. The Hall–Kier alpha value is -2.06. The van der Waals surface area contributed by atoms with Gasteiger partial charge in [-0.25, -0.2) is 5.14 Å². The summed E-state index contributed by atoms with van der Waals surface area (Å²) in [4.78, 5) is 0. The number of aryl methyl sites for hydroxylation is 1. The molecule has 20 heavy (non-hydrogen) atoms. The highest BCUT2D eigenvalue weighted by Crippen LogP contribution is 2.17. The van der Waals surface area contributed by atoms with Crippen LogP contribution in [0.15, 0.2) is 30.5 Å². The maximum absolute atomic E-state index is 11.0. The van der Waals surface area contributed by atoms with Crippen LogP contribution in [0.1, 0.15) is 11.3 Å². The number of nitrogens with two attached hydrogens (primary N) is 1. The van der Waals surface area contributed by atoms with Gasteiger partial charge in [0.2, 0.25) is 0 Å². The molecule has 4 N–H and O–H groups in total. The first-order chi connectivity index (χ1) is 9.35.